The zero-order valence-corrected chi connectivity index (χ0v) is 15.9. The minimum absolute atomic E-state index is 1.19. The first-order valence-corrected chi connectivity index (χ1v) is 10.3. The maximum Gasteiger partial charge on any atom is 0.171 e. The van der Waals surface area contributed by atoms with Crippen molar-refractivity contribution in [3.8, 4) is 0 Å². The average Bonchev–Trinajstić information content (AvgIpc) is 2.57. The highest BCUT2D eigenvalue weighted by Gasteiger charge is 2.03. The lowest BCUT2D eigenvalue weighted by Gasteiger charge is -2.03. The third-order valence-corrected chi connectivity index (χ3v) is 4.76. The third kappa shape index (κ3) is 11.3. The fourth-order valence-corrected chi connectivity index (χ4v) is 3.22. The summed E-state index contributed by atoms with van der Waals surface area (Å²) in [6.45, 7) is 5.76. The Kier molecular flexibility index (Phi) is 12.9. The highest BCUT2D eigenvalue weighted by atomic mass is 14.9. The second-order valence-corrected chi connectivity index (χ2v) is 7.09. The minimum atomic E-state index is 1.19. The zero-order valence-electron chi connectivity index (χ0n) is 15.9. The van der Waals surface area contributed by atoms with Crippen LogP contribution in [0.5, 0.6) is 0 Å². The molecule has 0 saturated carbocycles. The summed E-state index contributed by atoms with van der Waals surface area (Å²) in [6, 6.07) is 4.53. The Bertz CT molecular complexity index is 372. The first kappa shape index (κ1) is 20.2. The maximum absolute atomic E-state index is 2.39. The van der Waals surface area contributed by atoms with Gasteiger partial charge in [-0.05, 0) is 25.3 Å². The van der Waals surface area contributed by atoms with Crippen LogP contribution in [0.15, 0.2) is 24.5 Å². The summed E-state index contributed by atoms with van der Waals surface area (Å²) >= 11 is 0. The molecule has 1 aromatic heterocycles. The topological polar surface area (TPSA) is 3.88 Å². The summed E-state index contributed by atoms with van der Waals surface area (Å²) in [4.78, 5) is 0. The van der Waals surface area contributed by atoms with Crippen LogP contribution in [-0.2, 0) is 13.0 Å². The molecule has 132 valence electrons. The van der Waals surface area contributed by atoms with Crippen molar-refractivity contribution in [3.63, 3.8) is 0 Å². The predicted octanol–water partition coefficient (Wildman–Crippen LogP) is 6.63. The fraction of sp³-hybridized carbons (Fsp3) is 0.773. The summed E-state index contributed by atoms with van der Waals surface area (Å²) in [6.07, 6.45) is 24.0. The van der Waals surface area contributed by atoms with E-state index in [0.717, 1.165) is 0 Å². The van der Waals surface area contributed by atoms with Gasteiger partial charge in [-0.2, -0.15) is 0 Å². The fourth-order valence-electron chi connectivity index (χ4n) is 3.22. The molecule has 23 heavy (non-hydrogen) atoms. The number of aryl methyl sites for hydroxylation is 2. The molecule has 0 amide bonds. The van der Waals surface area contributed by atoms with Crippen LogP contribution in [0.1, 0.15) is 103 Å². The van der Waals surface area contributed by atoms with Gasteiger partial charge in [-0.3, -0.25) is 0 Å². The second-order valence-electron chi connectivity index (χ2n) is 7.09. The molecule has 1 heterocycles. The van der Waals surface area contributed by atoms with Crippen LogP contribution in [-0.4, -0.2) is 0 Å². The lowest BCUT2D eigenvalue weighted by molar-refractivity contribution is -0.697. The van der Waals surface area contributed by atoms with E-state index >= 15 is 0 Å². The normalized spacial score (nSPS) is 11.0. The summed E-state index contributed by atoms with van der Waals surface area (Å²) < 4.78 is 2.39. The summed E-state index contributed by atoms with van der Waals surface area (Å²) in [7, 11) is 0. The number of hydrogen-bond acceptors (Lipinski definition) is 0. The molecule has 0 fully saturated rings. The van der Waals surface area contributed by atoms with E-state index in [-0.39, 0.29) is 0 Å². The van der Waals surface area contributed by atoms with E-state index in [1.807, 2.05) is 0 Å². The van der Waals surface area contributed by atoms with Crippen LogP contribution in [0, 0.1) is 0 Å². The number of aromatic nitrogens is 1. The molecule has 0 spiro atoms. The lowest BCUT2D eigenvalue weighted by Crippen LogP contribution is -2.33. The van der Waals surface area contributed by atoms with E-state index < -0.39 is 0 Å². The van der Waals surface area contributed by atoms with E-state index in [1.54, 1.807) is 0 Å². The second kappa shape index (κ2) is 14.7. The molecule has 0 bridgehead atoms. The highest BCUT2D eigenvalue weighted by molar-refractivity contribution is 5.05. The Labute approximate surface area is 145 Å². The molecule has 0 atom stereocenters. The summed E-state index contributed by atoms with van der Waals surface area (Å²) in [5.74, 6) is 0. The number of hydrogen-bond donors (Lipinski definition) is 0. The van der Waals surface area contributed by atoms with Crippen molar-refractivity contribution >= 4 is 0 Å². The largest absolute Gasteiger partial charge is 0.205 e. The van der Waals surface area contributed by atoms with Crippen LogP contribution in [0.2, 0.25) is 0 Å². The SMILES string of the molecule is CCCCCCCCCCc1ccc[n+](CCCCCCC)c1. The van der Waals surface area contributed by atoms with E-state index in [4.69, 9.17) is 0 Å². The van der Waals surface area contributed by atoms with Gasteiger partial charge < -0.3 is 0 Å². The minimum Gasteiger partial charge on any atom is -0.205 e. The van der Waals surface area contributed by atoms with E-state index in [9.17, 15) is 0 Å². The molecule has 1 rings (SSSR count). The monoisotopic (exact) mass is 318 g/mol. The van der Waals surface area contributed by atoms with Gasteiger partial charge in [0.2, 0.25) is 0 Å². The average molecular weight is 319 g/mol. The molecular weight excluding hydrogens is 278 g/mol. The molecule has 1 nitrogen and oxygen atoms in total. The summed E-state index contributed by atoms with van der Waals surface area (Å²) in [5.41, 5.74) is 1.52. The maximum atomic E-state index is 2.39. The van der Waals surface area contributed by atoms with E-state index in [1.165, 1.54) is 102 Å². The Balaban J connectivity index is 2.09. The Morgan fingerprint density at radius 3 is 1.91 bits per heavy atom. The van der Waals surface area contributed by atoms with Gasteiger partial charge in [0.05, 0.1) is 0 Å². The van der Waals surface area contributed by atoms with Crippen LogP contribution in [0.4, 0.5) is 0 Å². The highest BCUT2D eigenvalue weighted by Crippen LogP contribution is 2.10. The first-order chi connectivity index (χ1) is 11.4. The van der Waals surface area contributed by atoms with Gasteiger partial charge in [-0.1, -0.05) is 78.1 Å². The van der Waals surface area contributed by atoms with Gasteiger partial charge in [0.1, 0.15) is 6.54 Å². The van der Waals surface area contributed by atoms with Gasteiger partial charge in [-0.15, -0.1) is 0 Å². The van der Waals surface area contributed by atoms with E-state index in [0.29, 0.717) is 0 Å². The quantitative estimate of drug-likeness (QED) is 0.252. The molecule has 0 aliphatic heterocycles. The summed E-state index contributed by atoms with van der Waals surface area (Å²) in [5, 5.41) is 0. The van der Waals surface area contributed by atoms with Crippen molar-refractivity contribution < 1.29 is 4.57 Å². The standard InChI is InChI=1S/C22H40N/c1-3-5-7-9-10-11-12-14-17-22-18-16-20-23(21-22)19-15-13-8-6-4-2/h16,18,20-21H,3-15,17,19H2,1-2H3/q+1. The van der Waals surface area contributed by atoms with Gasteiger partial charge >= 0.3 is 0 Å². The van der Waals surface area contributed by atoms with Crippen molar-refractivity contribution in [1.82, 2.24) is 0 Å². The first-order valence-electron chi connectivity index (χ1n) is 10.3. The van der Waals surface area contributed by atoms with Crippen LogP contribution < -0.4 is 4.57 Å². The molecule has 0 saturated heterocycles. The van der Waals surface area contributed by atoms with Gasteiger partial charge in [-0.25, -0.2) is 4.57 Å². The molecule has 0 aromatic carbocycles. The van der Waals surface area contributed by atoms with Crippen LogP contribution >= 0.6 is 0 Å². The number of unbranched alkanes of at least 4 members (excludes halogenated alkanes) is 11. The van der Waals surface area contributed by atoms with Gasteiger partial charge in [0.15, 0.2) is 12.4 Å². The molecule has 1 heteroatoms. The van der Waals surface area contributed by atoms with Crippen molar-refractivity contribution in [2.24, 2.45) is 0 Å². The zero-order chi connectivity index (χ0) is 16.6. The molecule has 0 aliphatic carbocycles. The Morgan fingerprint density at radius 1 is 0.696 bits per heavy atom. The number of nitrogens with zero attached hydrogens (tertiary/aromatic N) is 1. The van der Waals surface area contributed by atoms with Crippen LogP contribution in [0.3, 0.4) is 0 Å². The third-order valence-electron chi connectivity index (χ3n) is 4.76. The molecular formula is C22H40N+. The molecule has 0 unspecified atom stereocenters. The van der Waals surface area contributed by atoms with Gasteiger partial charge in [0, 0.05) is 18.1 Å². The van der Waals surface area contributed by atoms with Crippen molar-refractivity contribution in [2.45, 2.75) is 110 Å². The molecule has 1 aromatic rings. The smallest absolute Gasteiger partial charge is 0.171 e. The molecule has 0 aliphatic rings. The Morgan fingerprint density at radius 2 is 1.26 bits per heavy atom. The van der Waals surface area contributed by atoms with Crippen molar-refractivity contribution in [1.29, 1.82) is 0 Å². The van der Waals surface area contributed by atoms with E-state index in [2.05, 4.69) is 42.9 Å². The van der Waals surface area contributed by atoms with Crippen molar-refractivity contribution in [3.05, 3.63) is 30.1 Å². The number of pyridine rings is 1. The van der Waals surface area contributed by atoms with Crippen LogP contribution in [0.25, 0.3) is 0 Å². The predicted molar refractivity (Wildman–Crippen MR) is 102 cm³/mol. The Hall–Kier alpha value is -0.850. The van der Waals surface area contributed by atoms with Gasteiger partial charge in [0.25, 0.3) is 0 Å². The molecule has 0 N–H and O–H groups in total. The number of rotatable bonds is 15. The molecule has 0 radical (unpaired) electrons. The van der Waals surface area contributed by atoms with Crippen molar-refractivity contribution in [2.75, 3.05) is 0 Å². The lowest BCUT2D eigenvalue weighted by atomic mass is 10.1.